The summed E-state index contributed by atoms with van der Waals surface area (Å²) in [6.45, 7) is 4.90. The molecule has 0 amide bonds. The number of hydrogen-bond donors (Lipinski definition) is 0. The van der Waals surface area contributed by atoms with Crippen LogP contribution in [-0.4, -0.2) is 43.3 Å². The molecule has 1 saturated heterocycles. The number of aryl methyl sites for hydroxylation is 1. The van der Waals surface area contributed by atoms with Crippen LogP contribution in [0.5, 0.6) is 5.88 Å². The van der Waals surface area contributed by atoms with E-state index < -0.39 is 12.0 Å². The molecule has 116 valence electrons. The molecule has 1 aromatic heterocycles. The Labute approximate surface area is 123 Å². The van der Waals surface area contributed by atoms with E-state index in [0.29, 0.717) is 25.5 Å². The summed E-state index contributed by atoms with van der Waals surface area (Å²) in [5.41, 5.74) is 1.02. The fourth-order valence-electron chi connectivity index (χ4n) is 2.81. The van der Waals surface area contributed by atoms with E-state index in [2.05, 4.69) is 9.88 Å². The molecule has 0 N–H and O–H groups in total. The van der Waals surface area contributed by atoms with Crippen LogP contribution in [0.3, 0.4) is 0 Å². The summed E-state index contributed by atoms with van der Waals surface area (Å²) in [5.74, 6) is -1.32. The summed E-state index contributed by atoms with van der Waals surface area (Å²) in [4.78, 5) is 6.60. The molecule has 1 aromatic rings. The second-order valence-corrected chi connectivity index (χ2v) is 5.78. The van der Waals surface area contributed by atoms with Crippen LogP contribution in [-0.2, 0) is 4.74 Å². The summed E-state index contributed by atoms with van der Waals surface area (Å²) >= 11 is 0. The third-order valence-electron chi connectivity index (χ3n) is 3.91. The summed E-state index contributed by atoms with van der Waals surface area (Å²) < 4.78 is 37.5. The molecule has 0 spiro atoms. The predicted molar refractivity (Wildman–Crippen MR) is 75.2 cm³/mol. The van der Waals surface area contributed by atoms with Crippen LogP contribution in [0.4, 0.5) is 14.6 Å². The average Bonchev–Trinajstić information content (AvgIpc) is 2.78. The summed E-state index contributed by atoms with van der Waals surface area (Å²) in [5, 5.41) is 0. The first-order chi connectivity index (χ1) is 10.0. The second kappa shape index (κ2) is 5.75. The number of rotatable bonds is 3. The standard InChI is InChI=1S/C15H20F2N2O2/c1-11-8-13(19-4-6-20-7-5-19)18-14(9-11)21-12-2-3-15(16,17)10-12/h8-9,12H,2-7,10H2,1H3. The van der Waals surface area contributed by atoms with E-state index in [1.165, 1.54) is 0 Å². The molecule has 1 saturated carbocycles. The molecule has 0 radical (unpaired) electrons. The highest BCUT2D eigenvalue weighted by Crippen LogP contribution is 2.37. The minimum absolute atomic E-state index is 0.0974. The molecule has 1 unspecified atom stereocenters. The molecule has 6 heteroatoms. The molecule has 2 fully saturated rings. The summed E-state index contributed by atoms with van der Waals surface area (Å²) in [7, 11) is 0. The maximum Gasteiger partial charge on any atom is 0.251 e. The number of halogens is 2. The number of hydrogen-bond acceptors (Lipinski definition) is 4. The van der Waals surface area contributed by atoms with E-state index in [0.717, 1.165) is 24.5 Å². The van der Waals surface area contributed by atoms with E-state index in [9.17, 15) is 8.78 Å². The Morgan fingerprint density at radius 3 is 2.76 bits per heavy atom. The van der Waals surface area contributed by atoms with Gasteiger partial charge in [-0.15, -0.1) is 0 Å². The topological polar surface area (TPSA) is 34.6 Å². The van der Waals surface area contributed by atoms with Crippen molar-refractivity contribution in [3.63, 3.8) is 0 Å². The van der Waals surface area contributed by atoms with Crippen molar-refractivity contribution in [1.29, 1.82) is 0 Å². The van der Waals surface area contributed by atoms with Gasteiger partial charge in [-0.05, 0) is 25.0 Å². The molecule has 0 aromatic carbocycles. The minimum Gasteiger partial charge on any atom is -0.474 e. The van der Waals surface area contributed by atoms with Crippen molar-refractivity contribution in [3.05, 3.63) is 17.7 Å². The zero-order valence-electron chi connectivity index (χ0n) is 12.1. The number of pyridine rings is 1. The zero-order valence-corrected chi connectivity index (χ0v) is 12.1. The van der Waals surface area contributed by atoms with Crippen molar-refractivity contribution in [2.45, 2.75) is 38.2 Å². The van der Waals surface area contributed by atoms with Gasteiger partial charge in [0.25, 0.3) is 5.92 Å². The van der Waals surface area contributed by atoms with Gasteiger partial charge >= 0.3 is 0 Å². The molecular weight excluding hydrogens is 278 g/mol. The lowest BCUT2D eigenvalue weighted by molar-refractivity contribution is -0.00138. The van der Waals surface area contributed by atoms with E-state index in [1.807, 2.05) is 13.0 Å². The number of anilines is 1. The number of ether oxygens (including phenoxy) is 2. The van der Waals surface area contributed by atoms with Gasteiger partial charge in [0.1, 0.15) is 11.9 Å². The molecule has 2 heterocycles. The van der Waals surface area contributed by atoms with Gasteiger partial charge in [0.05, 0.1) is 13.2 Å². The molecule has 1 atom stereocenters. The maximum absolute atomic E-state index is 13.2. The van der Waals surface area contributed by atoms with Gasteiger partial charge in [-0.25, -0.2) is 8.78 Å². The van der Waals surface area contributed by atoms with Crippen LogP contribution in [0.25, 0.3) is 0 Å². The highest BCUT2D eigenvalue weighted by atomic mass is 19.3. The van der Waals surface area contributed by atoms with Crippen molar-refractivity contribution in [2.24, 2.45) is 0 Å². The predicted octanol–water partition coefficient (Wildman–Crippen LogP) is 2.79. The third kappa shape index (κ3) is 3.61. The maximum atomic E-state index is 13.2. The monoisotopic (exact) mass is 298 g/mol. The van der Waals surface area contributed by atoms with Crippen LogP contribution in [0, 0.1) is 6.92 Å². The lowest BCUT2D eigenvalue weighted by Gasteiger charge is -2.28. The lowest BCUT2D eigenvalue weighted by Crippen LogP contribution is -2.36. The Morgan fingerprint density at radius 2 is 2.10 bits per heavy atom. The van der Waals surface area contributed by atoms with Gasteiger partial charge in [-0.2, -0.15) is 4.98 Å². The SMILES string of the molecule is Cc1cc(OC2CCC(F)(F)C2)nc(N2CCOCC2)c1. The molecule has 1 aliphatic heterocycles. The highest BCUT2D eigenvalue weighted by Gasteiger charge is 2.40. The fourth-order valence-corrected chi connectivity index (χ4v) is 2.81. The van der Waals surface area contributed by atoms with E-state index in [1.54, 1.807) is 6.07 Å². The van der Waals surface area contributed by atoms with Gasteiger partial charge < -0.3 is 14.4 Å². The Hall–Kier alpha value is -1.43. The molecule has 0 bridgehead atoms. The Bertz CT molecular complexity index is 504. The largest absolute Gasteiger partial charge is 0.474 e. The third-order valence-corrected chi connectivity index (χ3v) is 3.91. The zero-order chi connectivity index (χ0) is 14.9. The quantitative estimate of drug-likeness (QED) is 0.859. The normalized spacial score (nSPS) is 25.1. The van der Waals surface area contributed by atoms with Crippen LogP contribution in [0.2, 0.25) is 0 Å². The van der Waals surface area contributed by atoms with Gasteiger partial charge in [-0.1, -0.05) is 0 Å². The molecule has 4 nitrogen and oxygen atoms in total. The number of nitrogens with zero attached hydrogens (tertiary/aromatic N) is 2. The van der Waals surface area contributed by atoms with Crippen molar-refractivity contribution >= 4 is 5.82 Å². The highest BCUT2D eigenvalue weighted by molar-refractivity contribution is 5.44. The molecule has 1 aliphatic carbocycles. The Kier molecular flexibility index (Phi) is 3.97. The first kappa shape index (κ1) is 14.5. The van der Waals surface area contributed by atoms with Crippen molar-refractivity contribution in [2.75, 3.05) is 31.2 Å². The molecule has 3 rings (SSSR count). The molecular formula is C15H20F2N2O2. The first-order valence-electron chi connectivity index (χ1n) is 7.38. The van der Waals surface area contributed by atoms with E-state index in [4.69, 9.17) is 9.47 Å². The van der Waals surface area contributed by atoms with E-state index in [-0.39, 0.29) is 12.8 Å². The van der Waals surface area contributed by atoms with Crippen LogP contribution in [0.15, 0.2) is 12.1 Å². The Morgan fingerprint density at radius 1 is 1.33 bits per heavy atom. The lowest BCUT2D eigenvalue weighted by atomic mass is 10.2. The molecule has 21 heavy (non-hydrogen) atoms. The van der Waals surface area contributed by atoms with E-state index >= 15 is 0 Å². The van der Waals surface area contributed by atoms with Gasteiger partial charge in [-0.3, -0.25) is 0 Å². The minimum atomic E-state index is -2.60. The summed E-state index contributed by atoms with van der Waals surface area (Å²) in [6.07, 6.45) is -0.364. The van der Waals surface area contributed by atoms with Crippen molar-refractivity contribution in [1.82, 2.24) is 4.98 Å². The smallest absolute Gasteiger partial charge is 0.251 e. The van der Waals surface area contributed by atoms with Gasteiger partial charge in [0, 0.05) is 32.0 Å². The average molecular weight is 298 g/mol. The number of alkyl halides is 2. The molecule has 2 aliphatic rings. The second-order valence-electron chi connectivity index (χ2n) is 5.78. The number of aromatic nitrogens is 1. The van der Waals surface area contributed by atoms with Gasteiger partial charge in [0.15, 0.2) is 0 Å². The number of morpholine rings is 1. The Balaban J connectivity index is 1.72. The fraction of sp³-hybridized carbons (Fsp3) is 0.667. The first-order valence-corrected chi connectivity index (χ1v) is 7.38. The van der Waals surface area contributed by atoms with Crippen molar-refractivity contribution < 1.29 is 18.3 Å². The van der Waals surface area contributed by atoms with Gasteiger partial charge in [0.2, 0.25) is 5.88 Å². The van der Waals surface area contributed by atoms with Crippen LogP contribution in [0.1, 0.15) is 24.8 Å². The van der Waals surface area contributed by atoms with Crippen molar-refractivity contribution in [3.8, 4) is 5.88 Å². The van der Waals surface area contributed by atoms with Crippen LogP contribution >= 0.6 is 0 Å². The van der Waals surface area contributed by atoms with Crippen LogP contribution < -0.4 is 9.64 Å². The summed E-state index contributed by atoms with van der Waals surface area (Å²) in [6, 6.07) is 3.79.